The molecule has 0 unspecified atom stereocenters. The number of carbonyl (C=O) groups excluding carboxylic acids is 1. The zero-order valence-corrected chi connectivity index (χ0v) is 17.9. The Kier molecular flexibility index (Phi) is 6.14. The fourth-order valence-corrected chi connectivity index (χ4v) is 4.76. The minimum Gasteiger partial charge on any atom is -0.497 e. The SMILES string of the molecule is CCOc1ccc(NC(=O)c2c(N=Cc3ccc(OC)cc3)sc3c2CCC3)cc1. The standard InChI is InChI=1S/C24H24N2O3S/c1-3-29-19-13-9-17(10-14-19)26-23(27)22-20-5-4-6-21(20)30-24(22)25-15-16-7-11-18(28-2)12-8-16/h7-15H,3-6H2,1-2H3,(H,26,27). The Morgan fingerprint density at radius 1 is 1.10 bits per heavy atom. The third-order valence-electron chi connectivity index (χ3n) is 5.00. The van der Waals surface area contributed by atoms with Crippen LogP contribution in [0, 0.1) is 0 Å². The van der Waals surface area contributed by atoms with Crippen molar-refractivity contribution in [3.05, 3.63) is 70.1 Å². The van der Waals surface area contributed by atoms with Gasteiger partial charge in [0, 0.05) is 16.8 Å². The summed E-state index contributed by atoms with van der Waals surface area (Å²) < 4.78 is 10.7. The summed E-state index contributed by atoms with van der Waals surface area (Å²) in [6.07, 6.45) is 4.83. The van der Waals surface area contributed by atoms with E-state index in [1.54, 1.807) is 24.7 Å². The minimum atomic E-state index is -0.111. The number of aliphatic imine (C=N–C) groups is 1. The molecule has 4 rings (SSSR count). The van der Waals surface area contributed by atoms with E-state index in [0.717, 1.165) is 52.6 Å². The molecule has 0 radical (unpaired) electrons. The van der Waals surface area contributed by atoms with Crippen molar-refractivity contribution in [1.82, 2.24) is 0 Å². The summed E-state index contributed by atoms with van der Waals surface area (Å²) in [5.74, 6) is 1.48. The van der Waals surface area contributed by atoms with E-state index in [2.05, 4.69) is 10.3 Å². The van der Waals surface area contributed by atoms with Gasteiger partial charge in [-0.1, -0.05) is 0 Å². The Morgan fingerprint density at radius 3 is 2.53 bits per heavy atom. The van der Waals surface area contributed by atoms with E-state index in [-0.39, 0.29) is 5.91 Å². The lowest BCUT2D eigenvalue weighted by Crippen LogP contribution is -2.13. The van der Waals surface area contributed by atoms with Crippen LogP contribution in [-0.2, 0) is 12.8 Å². The molecule has 3 aromatic rings. The van der Waals surface area contributed by atoms with Crippen molar-refractivity contribution < 1.29 is 14.3 Å². The molecule has 2 aromatic carbocycles. The average molecular weight is 421 g/mol. The molecule has 0 saturated heterocycles. The van der Waals surface area contributed by atoms with Crippen LogP contribution in [0.15, 0.2) is 53.5 Å². The minimum absolute atomic E-state index is 0.111. The van der Waals surface area contributed by atoms with E-state index in [4.69, 9.17) is 9.47 Å². The lowest BCUT2D eigenvalue weighted by atomic mass is 10.1. The van der Waals surface area contributed by atoms with E-state index in [1.807, 2.05) is 55.5 Å². The topological polar surface area (TPSA) is 59.9 Å². The Bertz CT molecular complexity index is 1050. The van der Waals surface area contributed by atoms with Gasteiger partial charge in [0.25, 0.3) is 5.91 Å². The van der Waals surface area contributed by atoms with Gasteiger partial charge in [-0.15, -0.1) is 11.3 Å². The number of hydrogen-bond donors (Lipinski definition) is 1. The van der Waals surface area contributed by atoms with Crippen LogP contribution in [0.3, 0.4) is 0 Å². The molecule has 1 aliphatic carbocycles. The van der Waals surface area contributed by atoms with Gasteiger partial charge < -0.3 is 14.8 Å². The molecule has 6 heteroatoms. The number of methoxy groups -OCH3 is 1. The summed E-state index contributed by atoms with van der Waals surface area (Å²) in [4.78, 5) is 19.1. The first kappa shape index (κ1) is 20.2. The van der Waals surface area contributed by atoms with Gasteiger partial charge in [-0.25, -0.2) is 4.99 Å². The largest absolute Gasteiger partial charge is 0.497 e. The number of ether oxygens (including phenoxy) is 2. The molecule has 0 saturated carbocycles. The van der Waals surface area contributed by atoms with Gasteiger partial charge >= 0.3 is 0 Å². The third kappa shape index (κ3) is 4.39. The zero-order chi connectivity index (χ0) is 20.9. The van der Waals surface area contributed by atoms with Crippen LogP contribution in [0.25, 0.3) is 0 Å². The number of fused-ring (bicyclic) bond motifs is 1. The highest BCUT2D eigenvalue weighted by molar-refractivity contribution is 7.16. The maximum Gasteiger partial charge on any atom is 0.259 e. The number of anilines is 1. The van der Waals surface area contributed by atoms with Crippen LogP contribution in [0.4, 0.5) is 10.7 Å². The second-order valence-corrected chi connectivity index (χ2v) is 8.06. The number of amides is 1. The van der Waals surface area contributed by atoms with Crippen LogP contribution < -0.4 is 14.8 Å². The van der Waals surface area contributed by atoms with E-state index in [1.165, 1.54) is 4.88 Å². The molecule has 1 heterocycles. The van der Waals surface area contributed by atoms with Crippen LogP contribution in [0.5, 0.6) is 11.5 Å². The van der Waals surface area contributed by atoms with E-state index in [9.17, 15) is 4.79 Å². The molecular weight excluding hydrogens is 396 g/mol. The first-order chi connectivity index (χ1) is 14.7. The first-order valence-corrected chi connectivity index (χ1v) is 10.9. The number of nitrogens with one attached hydrogen (secondary N) is 1. The number of benzene rings is 2. The number of nitrogens with zero attached hydrogens (tertiary/aromatic N) is 1. The molecular formula is C24H24N2O3S. The Balaban J connectivity index is 1.57. The van der Waals surface area contributed by atoms with Crippen molar-refractivity contribution in [2.24, 2.45) is 4.99 Å². The van der Waals surface area contributed by atoms with Crippen molar-refractivity contribution in [2.75, 3.05) is 19.0 Å². The smallest absolute Gasteiger partial charge is 0.259 e. The number of aryl methyl sites for hydroxylation is 1. The number of rotatable bonds is 7. The summed E-state index contributed by atoms with van der Waals surface area (Å²) in [6, 6.07) is 15.1. The summed E-state index contributed by atoms with van der Waals surface area (Å²) >= 11 is 1.62. The van der Waals surface area contributed by atoms with Crippen LogP contribution in [-0.4, -0.2) is 25.8 Å². The molecule has 0 atom stereocenters. The highest BCUT2D eigenvalue weighted by Crippen LogP contribution is 2.41. The van der Waals surface area contributed by atoms with Crippen LogP contribution >= 0.6 is 11.3 Å². The molecule has 1 N–H and O–H groups in total. The third-order valence-corrected chi connectivity index (χ3v) is 6.20. The van der Waals surface area contributed by atoms with Gasteiger partial charge in [0.1, 0.15) is 16.5 Å². The second kappa shape index (κ2) is 9.13. The maximum atomic E-state index is 13.1. The van der Waals surface area contributed by atoms with E-state index in [0.29, 0.717) is 12.2 Å². The predicted octanol–water partition coefficient (Wildman–Crippen LogP) is 5.65. The molecule has 0 bridgehead atoms. The summed E-state index contributed by atoms with van der Waals surface area (Å²) in [7, 11) is 1.64. The first-order valence-electron chi connectivity index (χ1n) is 10.0. The highest BCUT2D eigenvalue weighted by Gasteiger charge is 2.26. The summed E-state index contributed by atoms with van der Waals surface area (Å²) in [6.45, 7) is 2.56. The van der Waals surface area contributed by atoms with E-state index >= 15 is 0 Å². The van der Waals surface area contributed by atoms with Crippen molar-refractivity contribution in [1.29, 1.82) is 0 Å². The molecule has 0 spiro atoms. The van der Waals surface area contributed by atoms with E-state index < -0.39 is 0 Å². The summed E-state index contributed by atoms with van der Waals surface area (Å²) in [5, 5.41) is 3.78. The van der Waals surface area contributed by atoms with Crippen LogP contribution in [0.2, 0.25) is 0 Å². The number of hydrogen-bond acceptors (Lipinski definition) is 5. The Morgan fingerprint density at radius 2 is 1.83 bits per heavy atom. The van der Waals surface area contributed by atoms with Gasteiger partial charge in [0.05, 0.1) is 19.3 Å². The molecule has 154 valence electrons. The molecule has 1 aliphatic rings. The summed E-state index contributed by atoms with van der Waals surface area (Å²) in [5.41, 5.74) is 3.55. The van der Waals surface area contributed by atoms with Crippen molar-refractivity contribution in [3.63, 3.8) is 0 Å². The number of thiophene rings is 1. The van der Waals surface area contributed by atoms with Crippen molar-refractivity contribution in [3.8, 4) is 11.5 Å². The Labute approximate surface area is 180 Å². The average Bonchev–Trinajstić information content (AvgIpc) is 3.35. The molecule has 0 aliphatic heterocycles. The van der Waals surface area contributed by atoms with Gasteiger partial charge in [-0.3, -0.25) is 4.79 Å². The predicted molar refractivity (Wildman–Crippen MR) is 122 cm³/mol. The molecule has 0 fully saturated rings. The van der Waals surface area contributed by atoms with Gasteiger partial charge in [0.2, 0.25) is 0 Å². The highest BCUT2D eigenvalue weighted by atomic mass is 32.1. The van der Waals surface area contributed by atoms with Gasteiger partial charge in [-0.05, 0) is 85.8 Å². The number of carbonyl (C=O) groups is 1. The fraction of sp³-hybridized carbons (Fsp3) is 0.250. The quantitative estimate of drug-likeness (QED) is 0.503. The van der Waals surface area contributed by atoms with Crippen LogP contribution in [0.1, 0.15) is 39.7 Å². The van der Waals surface area contributed by atoms with Gasteiger partial charge in [-0.2, -0.15) is 0 Å². The monoisotopic (exact) mass is 420 g/mol. The molecule has 1 aromatic heterocycles. The van der Waals surface area contributed by atoms with Gasteiger partial charge in [0.15, 0.2) is 0 Å². The van der Waals surface area contributed by atoms with Crippen molar-refractivity contribution >= 4 is 34.1 Å². The second-order valence-electron chi connectivity index (χ2n) is 6.98. The fourth-order valence-electron chi connectivity index (χ4n) is 3.53. The maximum absolute atomic E-state index is 13.1. The van der Waals surface area contributed by atoms with Crippen molar-refractivity contribution in [2.45, 2.75) is 26.2 Å². The molecule has 5 nitrogen and oxygen atoms in total. The zero-order valence-electron chi connectivity index (χ0n) is 17.1. The Hall–Kier alpha value is -3.12. The molecule has 30 heavy (non-hydrogen) atoms. The lowest BCUT2D eigenvalue weighted by molar-refractivity contribution is 0.102. The normalized spacial score (nSPS) is 12.7. The molecule has 1 amide bonds. The lowest BCUT2D eigenvalue weighted by Gasteiger charge is -2.08.